The third-order valence-electron chi connectivity index (χ3n) is 2.90. The van der Waals surface area contributed by atoms with Gasteiger partial charge >= 0.3 is 0 Å². The van der Waals surface area contributed by atoms with Gasteiger partial charge in [-0.3, -0.25) is 0 Å². The molecule has 0 aliphatic heterocycles. The zero-order valence-electron chi connectivity index (χ0n) is 9.47. The minimum Gasteiger partial charge on any atom is -0.314 e. The van der Waals surface area contributed by atoms with Crippen LogP contribution in [0.4, 0.5) is 0 Å². The van der Waals surface area contributed by atoms with Crippen LogP contribution in [0.3, 0.4) is 0 Å². The third-order valence-corrected chi connectivity index (χ3v) is 3.64. The Morgan fingerprint density at radius 2 is 2.06 bits per heavy atom. The van der Waals surface area contributed by atoms with Crippen LogP contribution in [-0.2, 0) is 6.42 Å². The number of halogens is 2. The average molecular weight is 258 g/mol. The molecule has 0 radical (unpaired) electrons. The summed E-state index contributed by atoms with van der Waals surface area (Å²) in [5.41, 5.74) is 1.26. The van der Waals surface area contributed by atoms with Gasteiger partial charge in [0.1, 0.15) is 0 Å². The van der Waals surface area contributed by atoms with Crippen LogP contribution >= 0.6 is 23.2 Å². The van der Waals surface area contributed by atoms with Gasteiger partial charge in [-0.25, -0.2) is 0 Å². The van der Waals surface area contributed by atoms with Crippen LogP contribution in [0.5, 0.6) is 0 Å². The fraction of sp³-hybridized carbons (Fsp3) is 0.538. The molecule has 0 spiro atoms. The molecule has 1 aliphatic rings. The van der Waals surface area contributed by atoms with E-state index < -0.39 is 0 Å². The molecule has 1 aromatic rings. The minimum atomic E-state index is 0.633. The van der Waals surface area contributed by atoms with Gasteiger partial charge in [0.25, 0.3) is 0 Å². The maximum absolute atomic E-state index is 5.99. The Morgan fingerprint density at radius 3 is 2.69 bits per heavy atom. The second kappa shape index (κ2) is 5.39. The molecule has 0 saturated heterocycles. The van der Waals surface area contributed by atoms with Gasteiger partial charge < -0.3 is 5.32 Å². The summed E-state index contributed by atoms with van der Waals surface area (Å²) in [7, 11) is 0. The fourth-order valence-corrected chi connectivity index (χ4v) is 2.12. The molecule has 1 N–H and O–H groups in total. The lowest BCUT2D eigenvalue weighted by Crippen LogP contribution is -2.24. The number of hydrogen-bond acceptors (Lipinski definition) is 1. The molecule has 1 saturated carbocycles. The predicted molar refractivity (Wildman–Crippen MR) is 70.4 cm³/mol. The van der Waals surface area contributed by atoms with Crippen molar-refractivity contribution in [1.29, 1.82) is 0 Å². The first-order valence-corrected chi connectivity index (χ1v) is 6.58. The van der Waals surface area contributed by atoms with Gasteiger partial charge in [0.15, 0.2) is 0 Å². The first-order valence-electron chi connectivity index (χ1n) is 5.82. The van der Waals surface area contributed by atoms with Crippen molar-refractivity contribution in [2.75, 3.05) is 6.54 Å². The molecule has 1 nitrogen and oxygen atoms in total. The predicted octanol–water partition coefficient (Wildman–Crippen LogP) is 3.92. The van der Waals surface area contributed by atoms with Crippen molar-refractivity contribution in [2.45, 2.75) is 32.2 Å². The van der Waals surface area contributed by atoms with Crippen molar-refractivity contribution in [3.8, 4) is 0 Å². The summed E-state index contributed by atoms with van der Waals surface area (Å²) in [6, 6.07) is 6.69. The van der Waals surface area contributed by atoms with Crippen LogP contribution in [0, 0.1) is 5.92 Å². The topological polar surface area (TPSA) is 12.0 Å². The van der Waals surface area contributed by atoms with Gasteiger partial charge in [0, 0.05) is 6.04 Å². The molecule has 0 heterocycles. The monoisotopic (exact) mass is 257 g/mol. The van der Waals surface area contributed by atoms with Crippen molar-refractivity contribution in [3.63, 3.8) is 0 Å². The van der Waals surface area contributed by atoms with Crippen molar-refractivity contribution < 1.29 is 0 Å². The van der Waals surface area contributed by atoms with Crippen LogP contribution < -0.4 is 5.32 Å². The highest BCUT2D eigenvalue weighted by atomic mass is 35.5. The number of benzene rings is 1. The van der Waals surface area contributed by atoms with Crippen molar-refractivity contribution in [1.82, 2.24) is 5.32 Å². The second-order valence-corrected chi connectivity index (χ2v) is 5.55. The molecule has 88 valence electrons. The maximum Gasteiger partial charge on any atom is 0.0595 e. The highest BCUT2D eigenvalue weighted by Crippen LogP contribution is 2.24. The van der Waals surface area contributed by atoms with E-state index in [4.69, 9.17) is 23.2 Å². The van der Waals surface area contributed by atoms with Crippen molar-refractivity contribution >= 4 is 23.2 Å². The fourth-order valence-electron chi connectivity index (χ4n) is 1.80. The number of hydrogen-bond donors (Lipinski definition) is 1. The molecule has 0 amide bonds. The molecule has 0 bridgehead atoms. The highest BCUT2D eigenvalue weighted by Gasteiger charge is 2.20. The Morgan fingerprint density at radius 1 is 1.31 bits per heavy atom. The Kier molecular flexibility index (Phi) is 4.12. The zero-order valence-corrected chi connectivity index (χ0v) is 11.0. The Hall–Kier alpha value is -0.240. The molecular weight excluding hydrogens is 241 g/mol. The van der Waals surface area contributed by atoms with Gasteiger partial charge in [-0.05, 0) is 49.4 Å². The zero-order chi connectivity index (χ0) is 11.5. The number of nitrogens with one attached hydrogen (secondary N) is 1. The number of rotatable bonds is 5. The molecule has 0 aromatic heterocycles. The lowest BCUT2D eigenvalue weighted by Gasteiger charge is -2.12. The summed E-state index contributed by atoms with van der Waals surface area (Å²) in [5, 5.41) is 4.83. The van der Waals surface area contributed by atoms with E-state index in [1.807, 2.05) is 12.1 Å². The smallest absolute Gasteiger partial charge is 0.0595 e. The molecule has 2 rings (SSSR count). The third kappa shape index (κ3) is 3.65. The Balaban J connectivity index is 1.84. The largest absolute Gasteiger partial charge is 0.314 e. The normalized spacial score (nSPS) is 17.4. The van der Waals surface area contributed by atoms with Crippen LogP contribution in [0.15, 0.2) is 18.2 Å². The first-order chi connectivity index (χ1) is 7.65. The summed E-state index contributed by atoms with van der Waals surface area (Å²) < 4.78 is 0. The lowest BCUT2D eigenvalue weighted by molar-refractivity contribution is 0.509. The van der Waals surface area contributed by atoms with E-state index in [2.05, 4.69) is 18.3 Å². The molecule has 1 aromatic carbocycles. The standard InChI is InChI=1S/C13H17Cl2N/c1-9(8-16-11-3-4-11)6-10-2-5-12(14)13(15)7-10/h2,5,7,9,11,16H,3-4,6,8H2,1H3. The summed E-state index contributed by atoms with van der Waals surface area (Å²) in [5.74, 6) is 0.637. The highest BCUT2D eigenvalue weighted by molar-refractivity contribution is 6.42. The van der Waals surface area contributed by atoms with Crippen LogP contribution in [0.2, 0.25) is 10.0 Å². The molecule has 1 atom stereocenters. The summed E-state index contributed by atoms with van der Waals surface area (Å²) in [6.07, 6.45) is 3.75. The van der Waals surface area contributed by atoms with Gasteiger partial charge in [-0.1, -0.05) is 36.2 Å². The van der Waals surface area contributed by atoms with E-state index in [1.54, 1.807) is 0 Å². The SMILES string of the molecule is CC(CNC1CC1)Cc1ccc(Cl)c(Cl)c1. The van der Waals surface area contributed by atoms with Crippen molar-refractivity contribution in [2.24, 2.45) is 5.92 Å². The van der Waals surface area contributed by atoms with Gasteiger partial charge in [0.05, 0.1) is 10.0 Å². The average Bonchev–Trinajstić information content (AvgIpc) is 3.04. The van der Waals surface area contributed by atoms with E-state index in [-0.39, 0.29) is 0 Å². The molecule has 3 heteroatoms. The van der Waals surface area contributed by atoms with Crippen LogP contribution in [0.25, 0.3) is 0 Å². The molecule has 16 heavy (non-hydrogen) atoms. The molecule has 1 aliphatic carbocycles. The summed E-state index contributed by atoms with van der Waals surface area (Å²) >= 11 is 11.9. The van der Waals surface area contributed by atoms with E-state index in [9.17, 15) is 0 Å². The van der Waals surface area contributed by atoms with E-state index in [1.165, 1.54) is 18.4 Å². The maximum atomic E-state index is 5.99. The van der Waals surface area contributed by atoms with Gasteiger partial charge in [0.2, 0.25) is 0 Å². The van der Waals surface area contributed by atoms with Crippen molar-refractivity contribution in [3.05, 3.63) is 33.8 Å². The summed E-state index contributed by atoms with van der Waals surface area (Å²) in [6.45, 7) is 3.35. The van der Waals surface area contributed by atoms with Gasteiger partial charge in [-0.2, -0.15) is 0 Å². The van der Waals surface area contributed by atoms with Crippen LogP contribution in [-0.4, -0.2) is 12.6 Å². The minimum absolute atomic E-state index is 0.633. The van der Waals surface area contributed by atoms with E-state index in [0.717, 1.165) is 19.0 Å². The first kappa shape index (κ1) is 12.2. The lowest BCUT2D eigenvalue weighted by atomic mass is 10.0. The molecular formula is C13H17Cl2N. The molecule has 1 unspecified atom stereocenters. The van der Waals surface area contributed by atoms with E-state index >= 15 is 0 Å². The Bertz CT molecular complexity index is 361. The molecule has 1 fully saturated rings. The Labute approximate surface area is 107 Å². The van der Waals surface area contributed by atoms with Crippen LogP contribution in [0.1, 0.15) is 25.3 Å². The second-order valence-electron chi connectivity index (χ2n) is 4.74. The van der Waals surface area contributed by atoms with Gasteiger partial charge in [-0.15, -0.1) is 0 Å². The van der Waals surface area contributed by atoms with E-state index in [0.29, 0.717) is 16.0 Å². The summed E-state index contributed by atoms with van der Waals surface area (Å²) in [4.78, 5) is 0. The quantitative estimate of drug-likeness (QED) is 0.843.